The summed E-state index contributed by atoms with van der Waals surface area (Å²) >= 11 is 0. The van der Waals surface area contributed by atoms with Gasteiger partial charge in [-0.25, -0.2) is 23.1 Å². The lowest BCUT2D eigenvalue weighted by molar-refractivity contribution is 0.193. The molecule has 3 heterocycles. The second-order valence-electron chi connectivity index (χ2n) is 8.41. The van der Waals surface area contributed by atoms with Crippen LogP contribution in [0.25, 0.3) is 0 Å². The Labute approximate surface area is 175 Å². The number of rotatable bonds is 5. The highest BCUT2D eigenvalue weighted by molar-refractivity contribution is 5.62. The van der Waals surface area contributed by atoms with Crippen molar-refractivity contribution < 1.29 is 13.2 Å². The van der Waals surface area contributed by atoms with Gasteiger partial charge in [-0.05, 0) is 38.7 Å². The van der Waals surface area contributed by atoms with E-state index in [-0.39, 0.29) is 17.5 Å². The summed E-state index contributed by atoms with van der Waals surface area (Å²) in [6.45, 7) is 6.94. The lowest BCUT2D eigenvalue weighted by atomic mass is 9.88. The van der Waals surface area contributed by atoms with E-state index in [0.717, 1.165) is 48.1 Å². The van der Waals surface area contributed by atoms with E-state index < -0.39 is 17.8 Å². The molecule has 2 aliphatic rings. The molecule has 1 fully saturated rings. The Hall–Kier alpha value is -2.35. The third-order valence-electron chi connectivity index (χ3n) is 5.80. The predicted octanol–water partition coefficient (Wildman–Crippen LogP) is 4.15. The van der Waals surface area contributed by atoms with Crippen LogP contribution in [0.4, 0.5) is 24.8 Å². The molecule has 0 amide bonds. The minimum atomic E-state index is -1.44. The van der Waals surface area contributed by atoms with Gasteiger partial charge in [-0.15, -0.1) is 0 Å². The molecule has 8 heteroatoms. The first-order chi connectivity index (χ1) is 14.4. The van der Waals surface area contributed by atoms with Crippen molar-refractivity contribution in [3.63, 3.8) is 0 Å². The number of hydrogen-bond donors (Lipinski definition) is 2. The topological polar surface area (TPSA) is 53.1 Å². The second kappa shape index (κ2) is 8.79. The molecular weight excluding hydrogens is 391 g/mol. The van der Waals surface area contributed by atoms with Crippen LogP contribution in [0, 0.1) is 17.6 Å². The van der Waals surface area contributed by atoms with Gasteiger partial charge in [0, 0.05) is 50.3 Å². The van der Waals surface area contributed by atoms with Crippen LogP contribution in [0.2, 0.25) is 0 Å². The lowest BCUT2D eigenvalue weighted by Crippen LogP contribution is -2.37. The molecule has 30 heavy (non-hydrogen) atoms. The summed E-state index contributed by atoms with van der Waals surface area (Å²) < 4.78 is 42.1. The molecule has 0 radical (unpaired) electrons. The summed E-state index contributed by atoms with van der Waals surface area (Å²) in [5, 5.41) is 6.73. The van der Waals surface area contributed by atoms with Gasteiger partial charge in [0.2, 0.25) is 0 Å². The summed E-state index contributed by atoms with van der Waals surface area (Å²) in [6.07, 6.45) is 0.538. The molecule has 1 atom stereocenters. The molecule has 4 rings (SSSR count). The van der Waals surface area contributed by atoms with Crippen LogP contribution in [0.15, 0.2) is 18.2 Å². The minimum Gasteiger partial charge on any atom is -0.365 e. The maximum Gasteiger partial charge on any atom is 0.172 e. The van der Waals surface area contributed by atoms with E-state index in [0.29, 0.717) is 32.5 Å². The SMILES string of the molecule is CC(C)Nc1nc2c(nc1N1CCC(C(F)c3ccc(F)cc3F)CC1)CNCC2. The zero-order valence-corrected chi connectivity index (χ0v) is 17.4. The van der Waals surface area contributed by atoms with Gasteiger partial charge in [0.05, 0.1) is 11.4 Å². The van der Waals surface area contributed by atoms with Crippen molar-refractivity contribution in [1.29, 1.82) is 0 Å². The Morgan fingerprint density at radius 3 is 2.60 bits per heavy atom. The first-order valence-corrected chi connectivity index (χ1v) is 10.6. The number of fused-ring (bicyclic) bond motifs is 1. The van der Waals surface area contributed by atoms with Gasteiger partial charge in [-0.3, -0.25) is 0 Å². The molecular formula is C22H28F3N5. The van der Waals surface area contributed by atoms with Gasteiger partial charge in [0.25, 0.3) is 0 Å². The van der Waals surface area contributed by atoms with Crippen LogP contribution in [0.3, 0.4) is 0 Å². The highest BCUT2D eigenvalue weighted by atomic mass is 19.1. The summed E-state index contributed by atoms with van der Waals surface area (Å²) in [5.74, 6) is -0.251. The largest absolute Gasteiger partial charge is 0.365 e. The van der Waals surface area contributed by atoms with Crippen LogP contribution < -0.4 is 15.5 Å². The van der Waals surface area contributed by atoms with Gasteiger partial charge >= 0.3 is 0 Å². The molecule has 0 bridgehead atoms. The highest BCUT2D eigenvalue weighted by Crippen LogP contribution is 2.37. The number of aromatic nitrogens is 2. The number of hydrogen-bond acceptors (Lipinski definition) is 5. The molecule has 2 N–H and O–H groups in total. The monoisotopic (exact) mass is 419 g/mol. The third kappa shape index (κ3) is 4.38. The minimum absolute atomic E-state index is 0.0586. The average molecular weight is 419 g/mol. The average Bonchev–Trinajstić information content (AvgIpc) is 2.72. The fraction of sp³-hybridized carbons (Fsp3) is 0.545. The third-order valence-corrected chi connectivity index (χ3v) is 5.80. The molecule has 162 valence electrons. The lowest BCUT2D eigenvalue weighted by Gasteiger charge is -2.35. The highest BCUT2D eigenvalue weighted by Gasteiger charge is 2.31. The maximum absolute atomic E-state index is 15.0. The number of alkyl halides is 1. The van der Waals surface area contributed by atoms with Gasteiger partial charge in [0.1, 0.15) is 17.8 Å². The number of piperidine rings is 1. The fourth-order valence-electron chi connectivity index (χ4n) is 4.22. The zero-order chi connectivity index (χ0) is 21.3. The number of anilines is 2. The zero-order valence-electron chi connectivity index (χ0n) is 17.4. The number of benzene rings is 1. The van der Waals surface area contributed by atoms with Gasteiger partial charge < -0.3 is 15.5 Å². The van der Waals surface area contributed by atoms with Crippen molar-refractivity contribution >= 4 is 11.6 Å². The molecule has 1 saturated heterocycles. The Morgan fingerprint density at radius 2 is 1.90 bits per heavy atom. The van der Waals surface area contributed by atoms with Crippen LogP contribution >= 0.6 is 0 Å². The van der Waals surface area contributed by atoms with E-state index in [1.54, 1.807) is 0 Å². The quantitative estimate of drug-likeness (QED) is 0.763. The van der Waals surface area contributed by atoms with E-state index >= 15 is 0 Å². The predicted molar refractivity (Wildman–Crippen MR) is 111 cm³/mol. The smallest absolute Gasteiger partial charge is 0.172 e. The van der Waals surface area contributed by atoms with Crippen molar-refractivity contribution in [3.05, 3.63) is 46.8 Å². The van der Waals surface area contributed by atoms with E-state index in [4.69, 9.17) is 9.97 Å². The normalized spacial score (nSPS) is 18.4. The summed E-state index contributed by atoms with van der Waals surface area (Å²) in [6, 6.07) is 3.29. The molecule has 0 saturated carbocycles. The van der Waals surface area contributed by atoms with Crippen molar-refractivity contribution in [3.8, 4) is 0 Å². The first kappa shape index (κ1) is 20.9. The van der Waals surface area contributed by atoms with Crippen molar-refractivity contribution in [2.24, 2.45) is 5.92 Å². The van der Waals surface area contributed by atoms with E-state index in [9.17, 15) is 13.2 Å². The van der Waals surface area contributed by atoms with Crippen molar-refractivity contribution in [1.82, 2.24) is 15.3 Å². The number of halogens is 3. The Bertz CT molecular complexity index is 897. The van der Waals surface area contributed by atoms with Crippen LogP contribution in [-0.4, -0.2) is 35.6 Å². The first-order valence-electron chi connectivity index (χ1n) is 10.6. The molecule has 2 aromatic rings. The standard InChI is InChI=1S/C22H28F3N5/c1-13(2)27-21-22(29-19-12-26-8-5-18(19)28-21)30-9-6-14(7-10-30)20(25)16-4-3-15(23)11-17(16)24/h3-4,11,13-14,20,26H,5-10,12H2,1-2H3,(H,27,28). The van der Waals surface area contributed by atoms with E-state index in [2.05, 4.69) is 29.4 Å². The summed E-state index contributed by atoms with van der Waals surface area (Å²) in [5.41, 5.74) is 1.92. The second-order valence-corrected chi connectivity index (χ2v) is 8.41. The molecule has 1 aromatic carbocycles. The van der Waals surface area contributed by atoms with Crippen LogP contribution in [-0.2, 0) is 13.0 Å². The maximum atomic E-state index is 15.0. The molecule has 1 unspecified atom stereocenters. The molecule has 0 spiro atoms. The molecule has 0 aliphatic carbocycles. The van der Waals surface area contributed by atoms with Crippen LogP contribution in [0.5, 0.6) is 0 Å². The van der Waals surface area contributed by atoms with Gasteiger partial charge in [0.15, 0.2) is 11.6 Å². The molecule has 1 aromatic heterocycles. The van der Waals surface area contributed by atoms with E-state index in [1.807, 2.05) is 0 Å². The summed E-state index contributed by atoms with van der Waals surface area (Å²) in [7, 11) is 0. The molecule has 2 aliphatic heterocycles. The van der Waals surface area contributed by atoms with E-state index in [1.165, 1.54) is 6.07 Å². The van der Waals surface area contributed by atoms with Crippen molar-refractivity contribution in [2.75, 3.05) is 29.9 Å². The van der Waals surface area contributed by atoms with Gasteiger partial charge in [-0.1, -0.05) is 6.07 Å². The molecule has 5 nitrogen and oxygen atoms in total. The Morgan fingerprint density at radius 1 is 1.13 bits per heavy atom. The Kier molecular flexibility index (Phi) is 6.13. The summed E-state index contributed by atoms with van der Waals surface area (Å²) in [4.78, 5) is 11.9. The number of nitrogens with zero attached hydrogens (tertiary/aromatic N) is 3. The fourth-order valence-corrected chi connectivity index (χ4v) is 4.22. The Balaban J connectivity index is 1.50. The van der Waals surface area contributed by atoms with Gasteiger partial charge in [-0.2, -0.15) is 0 Å². The van der Waals surface area contributed by atoms with Crippen molar-refractivity contribution in [2.45, 2.75) is 51.9 Å². The van der Waals surface area contributed by atoms with Crippen LogP contribution in [0.1, 0.15) is 49.8 Å². The number of nitrogens with one attached hydrogen (secondary N) is 2.